The fourth-order valence-electron chi connectivity index (χ4n) is 1.01. The Balaban J connectivity index is 3.04. The van der Waals surface area contributed by atoms with Crippen molar-refractivity contribution in [3.05, 3.63) is 28.8 Å². The third kappa shape index (κ3) is 1.90. The number of hydrogen-bond acceptors (Lipinski definition) is 2. The van der Waals surface area contributed by atoms with Crippen molar-refractivity contribution >= 4 is 11.6 Å². The molecular formula is C9H11ClO2. The van der Waals surface area contributed by atoms with E-state index in [1.807, 2.05) is 6.92 Å². The minimum atomic E-state index is -0.635. The molecule has 0 aliphatic rings. The first-order valence-corrected chi connectivity index (χ1v) is 4.19. The fourth-order valence-corrected chi connectivity index (χ4v) is 1.19. The minimum absolute atomic E-state index is 0.0914. The lowest BCUT2D eigenvalue weighted by Gasteiger charge is -2.09. The monoisotopic (exact) mass is 186 g/mol. The summed E-state index contributed by atoms with van der Waals surface area (Å²) in [6.07, 6.45) is -0.0721. The van der Waals surface area contributed by atoms with Crippen LogP contribution in [0.2, 0.25) is 5.02 Å². The zero-order valence-electron chi connectivity index (χ0n) is 6.79. The van der Waals surface area contributed by atoms with Crippen molar-refractivity contribution in [3.63, 3.8) is 0 Å². The van der Waals surface area contributed by atoms with Crippen molar-refractivity contribution in [3.8, 4) is 5.75 Å². The predicted molar refractivity (Wildman–Crippen MR) is 48.4 cm³/mol. The third-order valence-corrected chi connectivity index (χ3v) is 1.97. The number of benzene rings is 1. The molecular weight excluding hydrogens is 176 g/mol. The Kier molecular flexibility index (Phi) is 2.95. The molecule has 0 bridgehead atoms. The normalized spacial score (nSPS) is 12.9. The van der Waals surface area contributed by atoms with Crippen LogP contribution in [0.5, 0.6) is 5.75 Å². The topological polar surface area (TPSA) is 40.5 Å². The van der Waals surface area contributed by atoms with Gasteiger partial charge in [0, 0.05) is 10.6 Å². The number of aromatic hydroxyl groups is 1. The predicted octanol–water partition coefficient (Wildman–Crippen LogP) is 2.49. The van der Waals surface area contributed by atoms with E-state index in [2.05, 4.69) is 0 Å². The lowest BCUT2D eigenvalue weighted by molar-refractivity contribution is 0.170. The van der Waals surface area contributed by atoms with Crippen molar-refractivity contribution in [2.24, 2.45) is 0 Å². The second-order valence-electron chi connectivity index (χ2n) is 2.63. The zero-order valence-corrected chi connectivity index (χ0v) is 7.54. The van der Waals surface area contributed by atoms with Gasteiger partial charge >= 0.3 is 0 Å². The minimum Gasteiger partial charge on any atom is -0.508 e. The second-order valence-corrected chi connectivity index (χ2v) is 3.06. The first-order chi connectivity index (χ1) is 5.65. The Morgan fingerprint density at radius 3 is 2.75 bits per heavy atom. The van der Waals surface area contributed by atoms with E-state index < -0.39 is 6.10 Å². The zero-order chi connectivity index (χ0) is 9.14. The molecule has 2 N–H and O–H groups in total. The van der Waals surface area contributed by atoms with Gasteiger partial charge in [-0.25, -0.2) is 0 Å². The fraction of sp³-hybridized carbons (Fsp3) is 0.333. The van der Waals surface area contributed by atoms with Gasteiger partial charge in [0.25, 0.3) is 0 Å². The van der Waals surface area contributed by atoms with Crippen LogP contribution in [0.1, 0.15) is 25.0 Å². The lowest BCUT2D eigenvalue weighted by atomic mass is 10.1. The molecule has 1 aromatic rings. The molecule has 1 aromatic carbocycles. The van der Waals surface area contributed by atoms with Gasteiger partial charge in [-0.2, -0.15) is 0 Å². The number of hydrogen-bond donors (Lipinski definition) is 2. The molecule has 0 spiro atoms. The van der Waals surface area contributed by atoms with Crippen LogP contribution in [0.15, 0.2) is 18.2 Å². The summed E-state index contributed by atoms with van der Waals surface area (Å²) in [6.45, 7) is 1.84. The van der Waals surface area contributed by atoms with E-state index in [0.29, 0.717) is 17.0 Å². The molecule has 0 aliphatic heterocycles. The maximum absolute atomic E-state index is 9.42. The van der Waals surface area contributed by atoms with Crippen LogP contribution in [-0.4, -0.2) is 10.2 Å². The highest BCUT2D eigenvalue weighted by Gasteiger charge is 2.09. The molecule has 0 fully saturated rings. The second kappa shape index (κ2) is 3.78. The summed E-state index contributed by atoms with van der Waals surface area (Å²) in [5, 5.41) is 19.3. The van der Waals surface area contributed by atoms with E-state index in [9.17, 15) is 10.2 Å². The molecule has 1 rings (SSSR count). The highest BCUT2D eigenvalue weighted by molar-refractivity contribution is 6.30. The van der Waals surface area contributed by atoms with Gasteiger partial charge in [0.05, 0.1) is 6.10 Å². The molecule has 0 saturated heterocycles. The summed E-state index contributed by atoms with van der Waals surface area (Å²) >= 11 is 5.70. The van der Waals surface area contributed by atoms with E-state index in [4.69, 9.17) is 11.6 Å². The van der Waals surface area contributed by atoms with Gasteiger partial charge in [0.2, 0.25) is 0 Å². The summed E-state index contributed by atoms with van der Waals surface area (Å²) in [5.74, 6) is 0.0914. The van der Waals surface area contributed by atoms with E-state index >= 15 is 0 Å². The Morgan fingerprint density at radius 2 is 2.17 bits per heavy atom. The van der Waals surface area contributed by atoms with Crippen LogP contribution in [0.3, 0.4) is 0 Å². The Labute approximate surface area is 76.4 Å². The quantitative estimate of drug-likeness (QED) is 0.745. The molecule has 2 nitrogen and oxygen atoms in total. The Bertz CT molecular complexity index is 273. The molecule has 0 radical (unpaired) electrons. The largest absolute Gasteiger partial charge is 0.508 e. The average Bonchev–Trinajstić information content (AvgIpc) is 2.08. The first kappa shape index (κ1) is 9.36. The third-order valence-electron chi connectivity index (χ3n) is 1.74. The molecule has 0 aliphatic carbocycles. The lowest BCUT2D eigenvalue weighted by Crippen LogP contribution is -1.95. The molecule has 1 atom stereocenters. The van der Waals surface area contributed by atoms with Crippen LogP contribution in [0.25, 0.3) is 0 Å². The molecule has 0 saturated carbocycles. The molecule has 66 valence electrons. The SMILES string of the molecule is CCC(O)c1cc(Cl)ccc1O. The number of halogens is 1. The van der Waals surface area contributed by atoms with E-state index in [-0.39, 0.29) is 5.75 Å². The number of phenolic OH excluding ortho intramolecular Hbond substituents is 1. The smallest absolute Gasteiger partial charge is 0.121 e. The van der Waals surface area contributed by atoms with Gasteiger partial charge < -0.3 is 10.2 Å². The highest BCUT2D eigenvalue weighted by Crippen LogP contribution is 2.28. The first-order valence-electron chi connectivity index (χ1n) is 3.81. The maximum Gasteiger partial charge on any atom is 0.121 e. The number of aliphatic hydroxyl groups is 1. The molecule has 0 amide bonds. The van der Waals surface area contributed by atoms with Crippen molar-refractivity contribution < 1.29 is 10.2 Å². The summed E-state index contributed by atoms with van der Waals surface area (Å²) in [5.41, 5.74) is 0.491. The van der Waals surface area contributed by atoms with Crippen LogP contribution in [0, 0.1) is 0 Å². The number of rotatable bonds is 2. The van der Waals surface area contributed by atoms with Crippen molar-refractivity contribution in [1.29, 1.82) is 0 Å². The van der Waals surface area contributed by atoms with Crippen molar-refractivity contribution in [1.82, 2.24) is 0 Å². The Hall–Kier alpha value is -0.730. The molecule has 12 heavy (non-hydrogen) atoms. The molecule has 3 heteroatoms. The highest BCUT2D eigenvalue weighted by atomic mass is 35.5. The van der Waals surface area contributed by atoms with Gasteiger partial charge in [0.15, 0.2) is 0 Å². The maximum atomic E-state index is 9.42. The van der Waals surface area contributed by atoms with Crippen molar-refractivity contribution in [2.75, 3.05) is 0 Å². The summed E-state index contributed by atoms with van der Waals surface area (Å²) in [4.78, 5) is 0. The van der Waals surface area contributed by atoms with Gasteiger partial charge in [-0.3, -0.25) is 0 Å². The van der Waals surface area contributed by atoms with E-state index in [0.717, 1.165) is 0 Å². The molecule has 1 unspecified atom stereocenters. The summed E-state index contributed by atoms with van der Waals surface area (Å²) in [6, 6.07) is 4.64. The van der Waals surface area contributed by atoms with Crippen LogP contribution in [0.4, 0.5) is 0 Å². The average molecular weight is 187 g/mol. The van der Waals surface area contributed by atoms with Crippen LogP contribution in [-0.2, 0) is 0 Å². The number of phenols is 1. The van der Waals surface area contributed by atoms with Crippen molar-refractivity contribution in [2.45, 2.75) is 19.4 Å². The van der Waals surface area contributed by atoms with E-state index in [1.54, 1.807) is 12.1 Å². The van der Waals surface area contributed by atoms with Gasteiger partial charge in [-0.05, 0) is 24.6 Å². The summed E-state index contributed by atoms with van der Waals surface area (Å²) in [7, 11) is 0. The molecule has 0 aromatic heterocycles. The molecule has 0 heterocycles. The van der Waals surface area contributed by atoms with Crippen LogP contribution < -0.4 is 0 Å². The van der Waals surface area contributed by atoms with Gasteiger partial charge in [-0.1, -0.05) is 18.5 Å². The van der Waals surface area contributed by atoms with E-state index in [1.165, 1.54) is 6.07 Å². The van der Waals surface area contributed by atoms with Crippen LogP contribution >= 0.6 is 11.6 Å². The summed E-state index contributed by atoms with van der Waals surface area (Å²) < 4.78 is 0. The standard InChI is InChI=1S/C9H11ClO2/c1-2-8(11)7-5-6(10)3-4-9(7)12/h3-5,8,11-12H,2H2,1H3. The van der Waals surface area contributed by atoms with Gasteiger partial charge in [0.1, 0.15) is 5.75 Å². The van der Waals surface area contributed by atoms with Gasteiger partial charge in [-0.15, -0.1) is 0 Å². The Morgan fingerprint density at radius 1 is 1.50 bits per heavy atom. The number of aliphatic hydroxyl groups excluding tert-OH is 1.